The van der Waals surface area contributed by atoms with Gasteiger partial charge in [0, 0.05) is 6.42 Å². The lowest BCUT2D eigenvalue weighted by Crippen LogP contribution is -2.58. The van der Waals surface area contributed by atoms with Gasteiger partial charge in [-0.25, -0.2) is 0 Å². The van der Waals surface area contributed by atoms with Crippen LogP contribution in [0.25, 0.3) is 0 Å². The predicted molar refractivity (Wildman–Crippen MR) is 140 cm³/mol. The largest absolute Gasteiger partial charge is 0.481 e. The van der Waals surface area contributed by atoms with E-state index >= 15 is 0 Å². The van der Waals surface area contributed by atoms with Gasteiger partial charge in [-0.15, -0.1) is 0 Å². The summed E-state index contributed by atoms with van der Waals surface area (Å²) in [4.78, 5) is 11.1. The summed E-state index contributed by atoms with van der Waals surface area (Å²) < 4.78 is 0. The predicted octanol–water partition coefficient (Wildman–Crippen LogP) is 5.89. The first-order valence-corrected chi connectivity index (χ1v) is 14.6. The molecule has 5 heteroatoms. The molecule has 0 unspecified atom stereocenters. The molecule has 0 spiro atoms. The lowest BCUT2D eigenvalue weighted by molar-refractivity contribution is -0.175. The second kappa shape index (κ2) is 11.4. The molecule has 35 heavy (non-hydrogen) atoms. The zero-order valence-corrected chi connectivity index (χ0v) is 23.2. The maximum atomic E-state index is 11.5. The summed E-state index contributed by atoms with van der Waals surface area (Å²) in [5.41, 5.74) is 0.216. The molecule has 5 nitrogen and oxygen atoms in total. The first kappa shape index (κ1) is 28.9. The van der Waals surface area contributed by atoms with Gasteiger partial charge in [-0.1, -0.05) is 41.0 Å². The number of fused-ring (bicyclic) bond motifs is 5. The van der Waals surface area contributed by atoms with E-state index in [9.17, 15) is 15.0 Å². The van der Waals surface area contributed by atoms with Gasteiger partial charge < -0.3 is 20.4 Å². The SMILES string of the molecule is CC[C@H](C)[C@@H](C)O.C[C@H](CCC(=O)O)[C@H]1CC[C@H]2[C@@H]3CC[C@@H]4C[C@@H](O)CC[C@]4(C)[C@H]3C[C@H](O)[C@]12C. The van der Waals surface area contributed by atoms with Crippen molar-refractivity contribution in [2.24, 2.45) is 52.3 Å². The van der Waals surface area contributed by atoms with Gasteiger partial charge in [-0.05, 0) is 117 Å². The van der Waals surface area contributed by atoms with Crippen LogP contribution in [0, 0.1) is 52.3 Å². The van der Waals surface area contributed by atoms with Crippen molar-refractivity contribution >= 4 is 5.97 Å². The smallest absolute Gasteiger partial charge is 0.303 e. The van der Waals surface area contributed by atoms with E-state index in [4.69, 9.17) is 10.2 Å². The van der Waals surface area contributed by atoms with E-state index in [2.05, 4.69) is 27.7 Å². The monoisotopic (exact) mass is 494 g/mol. The average Bonchev–Trinajstić information content (AvgIpc) is 3.17. The number of carbonyl (C=O) groups is 1. The molecule has 204 valence electrons. The van der Waals surface area contributed by atoms with Crippen molar-refractivity contribution in [3.63, 3.8) is 0 Å². The van der Waals surface area contributed by atoms with Gasteiger partial charge in [0.15, 0.2) is 0 Å². The Bertz CT molecular complexity index is 709. The highest BCUT2D eigenvalue weighted by atomic mass is 16.4. The number of hydrogen-bond acceptors (Lipinski definition) is 4. The van der Waals surface area contributed by atoms with Crippen molar-refractivity contribution in [1.29, 1.82) is 0 Å². The normalized spacial score (nSPS) is 45.1. The fraction of sp³-hybridized carbons (Fsp3) is 0.967. The molecule has 4 rings (SSSR count). The zero-order valence-electron chi connectivity index (χ0n) is 23.2. The fourth-order valence-electron chi connectivity index (χ4n) is 9.05. The van der Waals surface area contributed by atoms with Crippen LogP contribution in [0.4, 0.5) is 0 Å². The number of aliphatic carboxylic acids is 1. The van der Waals surface area contributed by atoms with Gasteiger partial charge in [0.05, 0.1) is 18.3 Å². The van der Waals surface area contributed by atoms with Gasteiger partial charge in [-0.3, -0.25) is 4.79 Å². The molecular formula is C30H54O5. The Morgan fingerprint density at radius 3 is 2.23 bits per heavy atom. The molecule has 0 aromatic carbocycles. The lowest BCUT2D eigenvalue weighted by atomic mass is 9.43. The summed E-state index contributed by atoms with van der Waals surface area (Å²) in [7, 11) is 0. The number of carboxylic acid groups (broad SMARTS) is 1. The van der Waals surface area contributed by atoms with Crippen molar-refractivity contribution in [3.05, 3.63) is 0 Å². The molecule has 0 amide bonds. The Labute approximate surface area is 214 Å². The fourth-order valence-corrected chi connectivity index (χ4v) is 9.05. The Kier molecular flexibility index (Phi) is 9.41. The Morgan fingerprint density at radius 2 is 1.66 bits per heavy atom. The molecule has 4 saturated carbocycles. The van der Waals surface area contributed by atoms with Crippen LogP contribution in [0.5, 0.6) is 0 Å². The van der Waals surface area contributed by atoms with Gasteiger partial charge in [0.2, 0.25) is 0 Å². The van der Waals surface area contributed by atoms with Crippen molar-refractivity contribution < 1.29 is 25.2 Å². The maximum absolute atomic E-state index is 11.5. The van der Waals surface area contributed by atoms with Crippen LogP contribution in [0.3, 0.4) is 0 Å². The van der Waals surface area contributed by atoms with E-state index in [1.807, 2.05) is 13.8 Å². The van der Waals surface area contributed by atoms with E-state index in [-0.39, 0.29) is 35.6 Å². The van der Waals surface area contributed by atoms with Crippen molar-refractivity contribution in [1.82, 2.24) is 0 Å². The molecule has 0 radical (unpaired) electrons. The van der Waals surface area contributed by atoms with Crippen LogP contribution in [-0.4, -0.2) is 44.7 Å². The van der Waals surface area contributed by atoms with Gasteiger partial charge in [-0.2, -0.15) is 0 Å². The summed E-state index contributed by atoms with van der Waals surface area (Å²) in [6, 6.07) is 0. The van der Waals surface area contributed by atoms with Crippen LogP contribution in [-0.2, 0) is 4.79 Å². The summed E-state index contributed by atoms with van der Waals surface area (Å²) in [5, 5.41) is 39.6. The Balaban J connectivity index is 0.000000429. The van der Waals surface area contributed by atoms with Gasteiger partial charge in [0.1, 0.15) is 0 Å². The highest BCUT2D eigenvalue weighted by molar-refractivity contribution is 5.66. The zero-order chi connectivity index (χ0) is 26.1. The molecule has 4 N–H and O–H groups in total. The van der Waals surface area contributed by atoms with Crippen LogP contribution in [0.1, 0.15) is 112 Å². The Morgan fingerprint density at radius 1 is 0.971 bits per heavy atom. The molecule has 4 fully saturated rings. The topological polar surface area (TPSA) is 98.0 Å². The minimum atomic E-state index is -0.707. The first-order valence-electron chi connectivity index (χ1n) is 14.6. The molecule has 4 aliphatic rings. The molecule has 0 bridgehead atoms. The van der Waals surface area contributed by atoms with Crippen molar-refractivity contribution in [2.75, 3.05) is 0 Å². The number of hydrogen-bond donors (Lipinski definition) is 4. The van der Waals surface area contributed by atoms with Crippen molar-refractivity contribution in [3.8, 4) is 0 Å². The van der Waals surface area contributed by atoms with E-state index in [0.29, 0.717) is 41.4 Å². The number of rotatable bonds is 6. The second-order valence-electron chi connectivity index (χ2n) is 13.4. The third-order valence-electron chi connectivity index (χ3n) is 11.8. The minimum Gasteiger partial charge on any atom is -0.481 e. The third kappa shape index (κ3) is 5.62. The minimum absolute atomic E-state index is 0.0591. The highest BCUT2D eigenvalue weighted by Crippen LogP contribution is 2.68. The van der Waals surface area contributed by atoms with Crippen LogP contribution >= 0.6 is 0 Å². The van der Waals surface area contributed by atoms with E-state index in [1.165, 1.54) is 19.3 Å². The summed E-state index contributed by atoms with van der Waals surface area (Å²) in [6.45, 7) is 12.9. The lowest BCUT2D eigenvalue weighted by Gasteiger charge is -2.62. The first-order chi connectivity index (χ1) is 16.4. The van der Waals surface area contributed by atoms with Crippen molar-refractivity contribution in [2.45, 2.75) is 130 Å². The summed E-state index contributed by atoms with van der Waals surface area (Å²) in [5.74, 6) is 3.01. The molecule has 0 aliphatic heterocycles. The molecule has 12 atom stereocenters. The molecule has 0 heterocycles. The highest BCUT2D eigenvalue weighted by Gasteiger charge is 2.63. The molecule has 4 aliphatic carbocycles. The average molecular weight is 495 g/mol. The number of carboxylic acids is 1. The van der Waals surface area contributed by atoms with E-state index < -0.39 is 5.97 Å². The summed E-state index contributed by atoms with van der Waals surface area (Å²) in [6.07, 6.45) is 10.2. The summed E-state index contributed by atoms with van der Waals surface area (Å²) >= 11 is 0. The van der Waals surface area contributed by atoms with Gasteiger partial charge in [0.25, 0.3) is 0 Å². The molecular weight excluding hydrogens is 440 g/mol. The molecule has 0 saturated heterocycles. The van der Waals surface area contributed by atoms with Crippen LogP contribution in [0.2, 0.25) is 0 Å². The van der Waals surface area contributed by atoms with E-state index in [0.717, 1.165) is 44.9 Å². The quantitative estimate of drug-likeness (QED) is 0.369. The van der Waals surface area contributed by atoms with Crippen LogP contribution < -0.4 is 0 Å². The number of aliphatic hydroxyl groups excluding tert-OH is 3. The second-order valence-corrected chi connectivity index (χ2v) is 13.4. The Hall–Kier alpha value is -0.650. The van der Waals surface area contributed by atoms with E-state index in [1.54, 1.807) is 0 Å². The number of aliphatic hydroxyl groups is 3. The molecule has 0 aromatic rings. The maximum Gasteiger partial charge on any atom is 0.303 e. The van der Waals surface area contributed by atoms with Gasteiger partial charge >= 0.3 is 5.97 Å². The molecule has 0 aromatic heterocycles. The standard InChI is InChI=1S/C24H40O4.C6H14O/c1-14(4-9-22(27)28)18-7-8-19-17-6-5-15-12-16(25)10-11-23(15,2)20(17)13-21(26)24(18,19)3;1-4-5(2)6(3)7/h14-21,25-26H,4-13H2,1-3H3,(H,27,28);5-7H,4H2,1-3H3/t14-,15-,16+,17+,18-,19+,20+,21+,23+,24-;5-,6+/m10/s1. The van der Waals surface area contributed by atoms with Crippen LogP contribution in [0.15, 0.2) is 0 Å². The third-order valence-corrected chi connectivity index (χ3v) is 11.8.